The number of fused-ring (bicyclic) bond motifs is 1. The highest BCUT2D eigenvalue weighted by Gasteiger charge is 2.25. The van der Waals surface area contributed by atoms with E-state index in [1.807, 2.05) is 24.3 Å². The van der Waals surface area contributed by atoms with E-state index in [9.17, 15) is 4.79 Å². The van der Waals surface area contributed by atoms with E-state index in [1.165, 1.54) is 0 Å². The van der Waals surface area contributed by atoms with Gasteiger partial charge < -0.3 is 4.90 Å². The Morgan fingerprint density at radius 3 is 2.89 bits per heavy atom. The Kier molecular flexibility index (Phi) is 3.22. The molecule has 0 unspecified atom stereocenters. The van der Waals surface area contributed by atoms with Gasteiger partial charge >= 0.3 is 0 Å². The molecule has 0 aliphatic carbocycles. The average Bonchev–Trinajstić information content (AvgIpc) is 2.46. The quantitative estimate of drug-likeness (QED) is 0.798. The number of nitrogens with zero attached hydrogens (tertiary/aromatic N) is 2. The maximum atomic E-state index is 12.6. The van der Waals surface area contributed by atoms with Crippen molar-refractivity contribution >= 4 is 23.2 Å². The molecule has 0 fully saturated rings. The summed E-state index contributed by atoms with van der Waals surface area (Å²) in [6.45, 7) is 0.711. The largest absolute Gasteiger partial charge is 0.306 e. The standard InChI is InChI=1S/C15H13ClN2O/c16-12-6-2-1-5-11(12)15(19)18-10-4-7-13-14(18)8-3-9-17-13/h1-3,5-6,8-9H,4,7,10H2. The molecule has 0 bridgehead atoms. The first-order valence-corrected chi connectivity index (χ1v) is 6.65. The maximum Gasteiger partial charge on any atom is 0.259 e. The summed E-state index contributed by atoms with van der Waals surface area (Å²) in [5, 5.41) is 0.489. The van der Waals surface area contributed by atoms with Crippen LogP contribution in [0.25, 0.3) is 0 Å². The molecule has 1 aromatic carbocycles. The molecule has 3 rings (SSSR count). The summed E-state index contributed by atoms with van der Waals surface area (Å²) in [4.78, 5) is 18.7. The van der Waals surface area contributed by atoms with E-state index in [-0.39, 0.29) is 5.91 Å². The second kappa shape index (κ2) is 5.02. The smallest absolute Gasteiger partial charge is 0.259 e. The monoisotopic (exact) mass is 272 g/mol. The second-order valence-corrected chi connectivity index (χ2v) is 4.92. The third-order valence-electron chi connectivity index (χ3n) is 3.30. The fourth-order valence-corrected chi connectivity index (χ4v) is 2.60. The van der Waals surface area contributed by atoms with E-state index in [1.54, 1.807) is 23.2 Å². The zero-order valence-electron chi connectivity index (χ0n) is 10.3. The van der Waals surface area contributed by atoms with E-state index in [0.29, 0.717) is 17.1 Å². The van der Waals surface area contributed by atoms with Gasteiger partial charge in [-0.05, 0) is 37.1 Å². The molecule has 0 radical (unpaired) electrons. The molecule has 0 N–H and O–H groups in total. The van der Waals surface area contributed by atoms with Crippen molar-refractivity contribution in [2.24, 2.45) is 0 Å². The Morgan fingerprint density at radius 1 is 1.21 bits per heavy atom. The molecule has 2 heterocycles. The first kappa shape index (κ1) is 12.2. The van der Waals surface area contributed by atoms with E-state index < -0.39 is 0 Å². The van der Waals surface area contributed by atoms with Crippen molar-refractivity contribution in [3.8, 4) is 0 Å². The van der Waals surface area contributed by atoms with Crippen LogP contribution in [0.5, 0.6) is 0 Å². The lowest BCUT2D eigenvalue weighted by Gasteiger charge is -2.28. The fraction of sp³-hybridized carbons (Fsp3) is 0.200. The van der Waals surface area contributed by atoms with Gasteiger partial charge in [0.1, 0.15) is 0 Å². The Morgan fingerprint density at radius 2 is 2.05 bits per heavy atom. The Hall–Kier alpha value is -1.87. The number of rotatable bonds is 1. The van der Waals surface area contributed by atoms with E-state index in [4.69, 9.17) is 11.6 Å². The highest BCUT2D eigenvalue weighted by molar-refractivity contribution is 6.34. The van der Waals surface area contributed by atoms with Gasteiger partial charge in [-0.1, -0.05) is 23.7 Å². The predicted molar refractivity (Wildman–Crippen MR) is 75.7 cm³/mol. The van der Waals surface area contributed by atoms with Gasteiger partial charge in [0, 0.05) is 12.7 Å². The molecule has 0 saturated carbocycles. The lowest BCUT2D eigenvalue weighted by atomic mass is 10.1. The highest BCUT2D eigenvalue weighted by atomic mass is 35.5. The molecule has 0 saturated heterocycles. The number of aryl methyl sites for hydroxylation is 1. The highest BCUT2D eigenvalue weighted by Crippen LogP contribution is 2.28. The number of anilines is 1. The van der Waals surface area contributed by atoms with Crippen molar-refractivity contribution in [1.82, 2.24) is 4.98 Å². The van der Waals surface area contributed by atoms with Crippen LogP contribution in [0.2, 0.25) is 5.02 Å². The molecule has 2 aromatic rings. The van der Waals surface area contributed by atoms with E-state index >= 15 is 0 Å². The van der Waals surface area contributed by atoms with Crippen LogP contribution in [0.4, 0.5) is 5.69 Å². The summed E-state index contributed by atoms with van der Waals surface area (Å²) < 4.78 is 0. The number of hydrogen-bond acceptors (Lipinski definition) is 2. The predicted octanol–water partition coefficient (Wildman–Crippen LogP) is 3.33. The summed E-state index contributed by atoms with van der Waals surface area (Å²) in [5.74, 6) is -0.0560. The summed E-state index contributed by atoms with van der Waals surface area (Å²) >= 11 is 6.10. The summed E-state index contributed by atoms with van der Waals surface area (Å²) in [7, 11) is 0. The van der Waals surface area contributed by atoms with Crippen molar-refractivity contribution in [2.45, 2.75) is 12.8 Å². The number of halogens is 1. The minimum Gasteiger partial charge on any atom is -0.306 e. The molecule has 3 nitrogen and oxygen atoms in total. The van der Waals surface area contributed by atoms with E-state index in [0.717, 1.165) is 24.2 Å². The van der Waals surface area contributed by atoms with Crippen LogP contribution >= 0.6 is 11.6 Å². The van der Waals surface area contributed by atoms with Crippen LogP contribution in [0.3, 0.4) is 0 Å². The number of carbonyl (C=O) groups is 1. The lowest BCUT2D eigenvalue weighted by molar-refractivity contribution is 0.0985. The van der Waals surface area contributed by atoms with Gasteiger partial charge in [-0.2, -0.15) is 0 Å². The number of aromatic nitrogens is 1. The first-order chi connectivity index (χ1) is 9.27. The number of benzene rings is 1. The van der Waals surface area contributed by atoms with Gasteiger partial charge in [0.15, 0.2) is 0 Å². The van der Waals surface area contributed by atoms with Crippen LogP contribution in [-0.2, 0) is 6.42 Å². The van der Waals surface area contributed by atoms with Crippen LogP contribution in [0, 0.1) is 0 Å². The zero-order chi connectivity index (χ0) is 13.2. The van der Waals surface area contributed by atoms with Crippen LogP contribution in [0.1, 0.15) is 22.5 Å². The molecule has 96 valence electrons. The topological polar surface area (TPSA) is 33.2 Å². The average molecular weight is 273 g/mol. The molecule has 1 aliphatic heterocycles. The maximum absolute atomic E-state index is 12.6. The summed E-state index contributed by atoms with van der Waals surface area (Å²) in [6.07, 6.45) is 3.62. The van der Waals surface area contributed by atoms with Gasteiger partial charge in [0.05, 0.1) is 22.0 Å². The number of amides is 1. The molecule has 1 amide bonds. The lowest BCUT2D eigenvalue weighted by Crippen LogP contribution is -2.35. The van der Waals surface area contributed by atoms with Crippen molar-refractivity contribution < 1.29 is 4.79 Å². The van der Waals surface area contributed by atoms with Gasteiger partial charge in [-0.15, -0.1) is 0 Å². The zero-order valence-corrected chi connectivity index (χ0v) is 11.1. The van der Waals surface area contributed by atoms with Gasteiger partial charge in [0.25, 0.3) is 5.91 Å². The van der Waals surface area contributed by atoms with Crippen molar-refractivity contribution in [2.75, 3.05) is 11.4 Å². The SMILES string of the molecule is O=C(c1ccccc1Cl)N1CCCc2ncccc21. The normalized spacial score (nSPS) is 14.1. The summed E-state index contributed by atoms with van der Waals surface area (Å²) in [6, 6.07) is 10.9. The number of carbonyl (C=O) groups excluding carboxylic acids is 1. The number of hydrogen-bond donors (Lipinski definition) is 0. The van der Waals surface area contributed by atoms with Gasteiger partial charge in [0.2, 0.25) is 0 Å². The molecule has 0 spiro atoms. The summed E-state index contributed by atoms with van der Waals surface area (Å²) in [5.41, 5.74) is 2.42. The Balaban J connectivity index is 2.00. The van der Waals surface area contributed by atoms with Crippen molar-refractivity contribution in [1.29, 1.82) is 0 Å². The molecule has 1 aromatic heterocycles. The Labute approximate surface area is 116 Å². The molecular formula is C15H13ClN2O. The number of pyridine rings is 1. The first-order valence-electron chi connectivity index (χ1n) is 6.27. The minimum atomic E-state index is -0.0560. The Bertz CT molecular complexity index is 627. The second-order valence-electron chi connectivity index (χ2n) is 4.51. The third kappa shape index (κ3) is 2.22. The fourth-order valence-electron chi connectivity index (χ4n) is 2.38. The van der Waals surface area contributed by atoms with E-state index in [2.05, 4.69) is 4.98 Å². The van der Waals surface area contributed by atoms with Gasteiger partial charge in [-0.3, -0.25) is 9.78 Å². The van der Waals surface area contributed by atoms with Crippen molar-refractivity contribution in [3.05, 3.63) is 58.9 Å². The minimum absolute atomic E-state index is 0.0560. The molecular weight excluding hydrogens is 260 g/mol. The van der Waals surface area contributed by atoms with Crippen LogP contribution in [0.15, 0.2) is 42.6 Å². The molecule has 0 atom stereocenters. The van der Waals surface area contributed by atoms with Crippen LogP contribution in [-0.4, -0.2) is 17.4 Å². The van der Waals surface area contributed by atoms with Crippen LogP contribution < -0.4 is 4.90 Å². The third-order valence-corrected chi connectivity index (χ3v) is 3.63. The molecule has 1 aliphatic rings. The van der Waals surface area contributed by atoms with Crippen molar-refractivity contribution in [3.63, 3.8) is 0 Å². The van der Waals surface area contributed by atoms with Gasteiger partial charge in [-0.25, -0.2) is 0 Å². The molecule has 4 heteroatoms. The molecule has 19 heavy (non-hydrogen) atoms.